The maximum absolute atomic E-state index is 13.9. The number of hydrogen-bond acceptors (Lipinski definition) is 3. The summed E-state index contributed by atoms with van der Waals surface area (Å²) in [5.41, 5.74) is 1.62. The standard InChI is InChI=1S/C19H21F3N2O2/c1-4-26-13-8-9-14-12(10-13)6-5-7-15(14)16(19(20,21)22)24-11-18(2,3)17(25)23-24/h5-10,16H,4,11H2,1-3H3,(H,23,25). The molecule has 1 aliphatic heterocycles. The van der Waals surface area contributed by atoms with E-state index in [-0.39, 0.29) is 12.1 Å². The smallest absolute Gasteiger partial charge is 0.409 e. The van der Waals surface area contributed by atoms with Crippen molar-refractivity contribution in [3.05, 3.63) is 42.0 Å². The molecule has 2 aromatic rings. The minimum absolute atomic E-state index is 0.0244. The van der Waals surface area contributed by atoms with Gasteiger partial charge in [-0.05, 0) is 49.2 Å². The van der Waals surface area contributed by atoms with Gasteiger partial charge in [0, 0.05) is 6.54 Å². The molecule has 1 fully saturated rings. The van der Waals surface area contributed by atoms with Crippen molar-refractivity contribution < 1.29 is 22.7 Å². The maximum atomic E-state index is 13.9. The van der Waals surface area contributed by atoms with Crippen LogP contribution in [0, 0.1) is 5.41 Å². The van der Waals surface area contributed by atoms with Gasteiger partial charge in [-0.2, -0.15) is 13.2 Å². The first-order valence-electron chi connectivity index (χ1n) is 8.43. The summed E-state index contributed by atoms with van der Waals surface area (Å²) in [5, 5.41) is 2.14. The Morgan fingerprint density at radius 1 is 1.27 bits per heavy atom. The van der Waals surface area contributed by atoms with E-state index >= 15 is 0 Å². The Kier molecular flexibility index (Phi) is 4.60. The number of fused-ring (bicyclic) bond motifs is 1. The molecular formula is C19H21F3N2O2. The van der Waals surface area contributed by atoms with Crippen LogP contribution in [0.25, 0.3) is 10.8 Å². The van der Waals surface area contributed by atoms with Crippen LogP contribution in [0.15, 0.2) is 36.4 Å². The molecule has 1 saturated heterocycles. The second-order valence-corrected chi connectivity index (χ2v) is 7.06. The second-order valence-electron chi connectivity index (χ2n) is 7.06. The Labute approximate surface area is 149 Å². The predicted molar refractivity (Wildman–Crippen MR) is 92.5 cm³/mol. The third-order valence-corrected chi connectivity index (χ3v) is 4.54. The van der Waals surface area contributed by atoms with E-state index in [9.17, 15) is 18.0 Å². The fourth-order valence-corrected chi connectivity index (χ4v) is 3.28. The number of nitrogens with zero attached hydrogens (tertiary/aromatic N) is 1. The summed E-state index contributed by atoms with van der Waals surface area (Å²) in [6, 6.07) is 7.90. The van der Waals surface area contributed by atoms with Crippen LogP contribution in [0.5, 0.6) is 5.75 Å². The van der Waals surface area contributed by atoms with Crippen molar-refractivity contribution in [2.45, 2.75) is 33.0 Å². The Hall–Kier alpha value is -2.28. The van der Waals surface area contributed by atoms with E-state index in [1.165, 1.54) is 6.07 Å². The number of rotatable bonds is 4. The molecule has 2 aromatic carbocycles. The highest BCUT2D eigenvalue weighted by atomic mass is 19.4. The van der Waals surface area contributed by atoms with Crippen molar-refractivity contribution in [1.82, 2.24) is 10.4 Å². The molecular weight excluding hydrogens is 345 g/mol. The van der Waals surface area contributed by atoms with E-state index in [1.54, 1.807) is 44.2 Å². The molecule has 0 saturated carbocycles. The summed E-state index contributed by atoms with van der Waals surface area (Å²) in [4.78, 5) is 12.0. The third-order valence-electron chi connectivity index (χ3n) is 4.54. The van der Waals surface area contributed by atoms with E-state index in [0.29, 0.717) is 23.1 Å². The highest BCUT2D eigenvalue weighted by molar-refractivity contribution is 5.88. The van der Waals surface area contributed by atoms with Crippen molar-refractivity contribution >= 4 is 16.7 Å². The molecule has 0 bridgehead atoms. The second kappa shape index (κ2) is 6.46. The highest BCUT2D eigenvalue weighted by Crippen LogP contribution is 2.43. The van der Waals surface area contributed by atoms with Gasteiger partial charge in [-0.3, -0.25) is 10.2 Å². The number of carbonyl (C=O) groups excluding carboxylic acids is 1. The molecule has 1 unspecified atom stereocenters. The van der Waals surface area contributed by atoms with Gasteiger partial charge in [-0.1, -0.05) is 24.3 Å². The molecule has 1 aliphatic rings. The van der Waals surface area contributed by atoms with Gasteiger partial charge in [0.1, 0.15) is 5.75 Å². The van der Waals surface area contributed by atoms with Crippen molar-refractivity contribution in [3.8, 4) is 5.75 Å². The molecule has 1 heterocycles. The SMILES string of the molecule is CCOc1ccc2c(C(N3CC(C)(C)C(=O)N3)C(F)(F)F)cccc2c1. The van der Waals surface area contributed by atoms with Crippen LogP contribution in [-0.2, 0) is 4.79 Å². The van der Waals surface area contributed by atoms with Gasteiger partial charge in [-0.25, -0.2) is 5.01 Å². The fraction of sp³-hybridized carbons (Fsp3) is 0.421. The van der Waals surface area contributed by atoms with Crippen molar-refractivity contribution in [2.75, 3.05) is 13.2 Å². The molecule has 7 heteroatoms. The zero-order chi connectivity index (χ0) is 19.1. The number of carbonyl (C=O) groups is 1. The minimum Gasteiger partial charge on any atom is -0.494 e. The summed E-state index contributed by atoms with van der Waals surface area (Å²) in [7, 11) is 0. The third kappa shape index (κ3) is 3.35. The van der Waals surface area contributed by atoms with Crippen LogP contribution < -0.4 is 10.2 Å². The molecule has 0 radical (unpaired) electrons. The highest BCUT2D eigenvalue weighted by Gasteiger charge is 2.51. The first kappa shape index (κ1) is 18.5. The first-order valence-corrected chi connectivity index (χ1v) is 8.43. The van der Waals surface area contributed by atoms with Gasteiger partial charge < -0.3 is 4.74 Å². The lowest BCUT2D eigenvalue weighted by Gasteiger charge is -2.30. The Morgan fingerprint density at radius 2 is 2.00 bits per heavy atom. The van der Waals surface area contributed by atoms with E-state index < -0.39 is 23.5 Å². The molecule has 1 amide bonds. The van der Waals surface area contributed by atoms with Gasteiger partial charge in [0.2, 0.25) is 5.91 Å². The Bertz CT molecular complexity index is 833. The lowest BCUT2D eigenvalue weighted by molar-refractivity contribution is -0.191. The number of alkyl halides is 3. The van der Waals surface area contributed by atoms with Gasteiger partial charge in [0.25, 0.3) is 0 Å². The van der Waals surface area contributed by atoms with Gasteiger partial charge in [0.05, 0.1) is 12.0 Å². The summed E-state index contributed by atoms with van der Waals surface area (Å²) in [6.07, 6.45) is -4.54. The van der Waals surface area contributed by atoms with Crippen LogP contribution in [0.4, 0.5) is 13.2 Å². The molecule has 0 spiro atoms. The molecule has 1 atom stereocenters. The zero-order valence-electron chi connectivity index (χ0n) is 14.9. The normalized spacial score (nSPS) is 18.8. The Balaban J connectivity index is 2.09. The molecule has 1 N–H and O–H groups in total. The first-order chi connectivity index (χ1) is 12.1. The molecule has 26 heavy (non-hydrogen) atoms. The predicted octanol–water partition coefficient (Wildman–Crippen LogP) is 4.21. The Morgan fingerprint density at radius 3 is 2.58 bits per heavy atom. The molecule has 4 nitrogen and oxygen atoms in total. The van der Waals surface area contributed by atoms with Crippen LogP contribution in [0.2, 0.25) is 0 Å². The number of halogens is 3. The lowest BCUT2D eigenvalue weighted by Crippen LogP contribution is -2.43. The number of nitrogens with one attached hydrogen (secondary N) is 1. The maximum Gasteiger partial charge on any atom is 0.409 e. The van der Waals surface area contributed by atoms with E-state index in [1.807, 2.05) is 6.92 Å². The van der Waals surface area contributed by atoms with Gasteiger partial charge in [-0.15, -0.1) is 0 Å². The van der Waals surface area contributed by atoms with Crippen LogP contribution >= 0.6 is 0 Å². The summed E-state index contributed by atoms with van der Waals surface area (Å²) in [5.74, 6) is 0.196. The van der Waals surface area contributed by atoms with Crippen LogP contribution in [-0.4, -0.2) is 30.2 Å². The zero-order valence-corrected chi connectivity index (χ0v) is 14.9. The van der Waals surface area contributed by atoms with E-state index in [0.717, 1.165) is 5.01 Å². The van der Waals surface area contributed by atoms with E-state index in [2.05, 4.69) is 5.43 Å². The van der Waals surface area contributed by atoms with Gasteiger partial charge >= 0.3 is 6.18 Å². The van der Waals surface area contributed by atoms with E-state index in [4.69, 9.17) is 4.74 Å². The molecule has 3 rings (SSSR count). The van der Waals surface area contributed by atoms with Crippen LogP contribution in [0.1, 0.15) is 32.4 Å². The molecule has 140 valence electrons. The lowest BCUT2D eigenvalue weighted by atomic mass is 9.93. The molecule has 0 aliphatic carbocycles. The fourth-order valence-electron chi connectivity index (χ4n) is 3.28. The quantitative estimate of drug-likeness (QED) is 0.881. The number of benzene rings is 2. The van der Waals surface area contributed by atoms with Crippen LogP contribution in [0.3, 0.4) is 0 Å². The number of hydrazine groups is 1. The largest absolute Gasteiger partial charge is 0.494 e. The van der Waals surface area contributed by atoms with Gasteiger partial charge in [0.15, 0.2) is 6.04 Å². The number of amides is 1. The monoisotopic (exact) mass is 366 g/mol. The summed E-state index contributed by atoms with van der Waals surface area (Å²) < 4.78 is 47.3. The van der Waals surface area contributed by atoms with Crippen molar-refractivity contribution in [2.24, 2.45) is 5.41 Å². The van der Waals surface area contributed by atoms with Crippen molar-refractivity contribution in [3.63, 3.8) is 0 Å². The van der Waals surface area contributed by atoms with Crippen molar-refractivity contribution in [1.29, 1.82) is 0 Å². The topological polar surface area (TPSA) is 41.6 Å². The summed E-state index contributed by atoms with van der Waals surface area (Å²) >= 11 is 0. The molecule has 0 aromatic heterocycles. The summed E-state index contributed by atoms with van der Waals surface area (Å²) in [6.45, 7) is 5.56. The number of hydrogen-bond donors (Lipinski definition) is 1. The minimum atomic E-state index is -4.54. The average Bonchev–Trinajstić information content (AvgIpc) is 2.79. The number of ether oxygens (including phenoxy) is 1. The average molecular weight is 366 g/mol.